The highest BCUT2D eigenvalue weighted by atomic mass is 19.1. The lowest BCUT2D eigenvalue weighted by atomic mass is 10.1. The number of carbonyl (C=O) groups is 2. The molecule has 36 heavy (non-hydrogen) atoms. The Morgan fingerprint density at radius 2 is 1.67 bits per heavy atom. The van der Waals surface area contributed by atoms with Crippen LogP contribution < -0.4 is 20.3 Å². The van der Waals surface area contributed by atoms with Gasteiger partial charge in [0.15, 0.2) is 0 Å². The van der Waals surface area contributed by atoms with Gasteiger partial charge < -0.3 is 20.3 Å². The van der Waals surface area contributed by atoms with E-state index in [1.165, 1.54) is 12.1 Å². The number of anilines is 1. The number of aromatic nitrogens is 1. The average molecular weight is 492 g/mol. The molecule has 1 aromatic heterocycles. The number of halogens is 1. The molecule has 0 radical (unpaired) electrons. The van der Waals surface area contributed by atoms with Gasteiger partial charge in [-0.25, -0.2) is 4.39 Å². The zero-order chi connectivity index (χ0) is 25.3. The first-order chi connectivity index (χ1) is 17.5. The first kappa shape index (κ1) is 25.1. The molecule has 188 valence electrons. The van der Waals surface area contributed by atoms with E-state index in [1.54, 1.807) is 31.6 Å². The highest BCUT2D eigenvalue weighted by Crippen LogP contribution is 2.25. The standard InChI is InChI=1S/C27H30FN5O3/c1-36-24-10-8-23(9-11-24)32-13-15-33(16-14-32)25(21-3-2-12-29-18-21)19-31-27(35)26(34)30-17-20-4-6-22(28)7-5-20/h2-12,18,25H,13-17,19H2,1H3,(H,30,34)(H,31,35). The van der Waals surface area contributed by atoms with E-state index >= 15 is 0 Å². The van der Waals surface area contributed by atoms with Gasteiger partial charge in [-0.2, -0.15) is 0 Å². The summed E-state index contributed by atoms with van der Waals surface area (Å²) in [7, 11) is 1.65. The zero-order valence-electron chi connectivity index (χ0n) is 20.2. The molecular weight excluding hydrogens is 461 g/mol. The van der Waals surface area contributed by atoms with Crippen molar-refractivity contribution in [2.45, 2.75) is 12.6 Å². The van der Waals surface area contributed by atoms with Crippen LogP contribution in [0.5, 0.6) is 5.75 Å². The van der Waals surface area contributed by atoms with Gasteiger partial charge >= 0.3 is 11.8 Å². The van der Waals surface area contributed by atoms with Crippen molar-refractivity contribution in [2.24, 2.45) is 0 Å². The molecule has 3 aromatic rings. The minimum atomic E-state index is -0.728. The second-order valence-electron chi connectivity index (χ2n) is 8.54. The van der Waals surface area contributed by atoms with Gasteiger partial charge in [0, 0.05) is 57.3 Å². The van der Waals surface area contributed by atoms with Crippen LogP contribution in [0.1, 0.15) is 17.2 Å². The number of carbonyl (C=O) groups excluding carboxylic acids is 2. The summed E-state index contributed by atoms with van der Waals surface area (Å²) < 4.78 is 18.3. The Morgan fingerprint density at radius 1 is 0.972 bits per heavy atom. The summed E-state index contributed by atoms with van der Waals surface area (Å²) in [5.74, 6) is -0.961. The van der Waals surface area contributed by atoms with Gasteiger partial charge in [0.05, 0.1) is 13.2 Å². The number of nitrogens with one attached hydrogen (secondary N) is 2. The lowest BCUT2D eigenvalue weighted by Gasteiger charge is -2.40. The van der Waals surface area contributed by atoms with E-state index < -0.39 is 11.8 Å². The van der Waals surface area contributed by atoms with Crippen molar-refractivity contribution in [3.8, 4) is 5.75 Å². The van der Waals surface area contributed by atoms with E-state index in [0.717, 1.165) is 43.2 Å². The quantitative estimate of drug-likeness (QED) is 0.471. The Labute approximate surface area is 210 Å². The number of piperazine rings is 1. The summed E-state index contributed by atoms with van der Waals surface area (Å²) in [6, 6.07) is 17.5. The summed E-state index contributed by atoms with van der Waals surface area (Å²) in [5.41, 5.74) is 2.82. The zero-order valence-corrected chi connectivity index (χ0v) is 20.2. The third-order valence-corrected chi connectivity index (χ3v) is 6.29. The predicted molar refractivity (Wildman–Crippen MR) is 135 cm³/mol. The molecule has 1 unspecified atom stereocenters. The Kier molecular flexibility index (Phi) is 8.46. The van der Waals surface area contributed by atoms with Crippen molar-refractivity contribution in [3.05, 3.63) is 90.0 Å². The smallest absolute Gasteiger partial charge is 0.309 e. The second-order valence-corrected chi connectivity index (χ2v) is 8.54. The molecule has 9 heteroatoms. The van der Waals surface area contributed by atoms with Crippen LogP contribution in [0, 0.1) is 5.82 Å². The predicted octanol–water partition coefficient (Wildman–Crippen LogP) is 2.53. The van der Waals surface area contributed by atoms with Crippen LogP contribution in [0.25, 0.3) is 0 Å². The number of nitrogens with zero attached hydrogens (tertiary/aromatic N) is 3. The fourth-order valence-corrected chi connectivity index (χ4v) is 4.25. The maximum Gasteiger partial charge on any atom is 0.309 e. The number of rotatable bonds is 8. The SMILES string of the molecule is COc1ccc(N2CCN(C(CNC(=O)C(=O)NCc3ccc(F)cc3)c3cccnc3)CC2)cc1. The molecule has 4 rings (SSSR count). The lowest BCUT2D eigenvalue weighted by Crippen LogP contribution is -2.50. The monoisotopic (exact) mass is 491 g/mol. The highest BCUT2D eigenvalue weighted by molar-refractivity contribution is 6.35. The summed E-state index contributed by atoms with van der Waals surface area (Å²) in [5, 5.41) is 5.35. The number of methoxy groups -OCH3 is 1. The Hall–Kier alpha value is -3.98. The summed E-state index contributed by atoms with van der Waals surface area (Å²) in [6.45, 7) is 3.66. The largest absolute Gasteiger partial charge is 0.497 e. The van der Waals surface area contributed by atoms with Crippen molar-refractivity contribution in [1.29, 1.82) is 0 Å². The number of benzene rings is 2. The summed E-state index contributed by atoms with van der Waals surface area (Å²) in [6.07, 6.45) is 3.50. The van der Waals surface area contributed by atoms with E-state index in [4.69, 9.17) is 4.74 Å². The van der Waals surface area contributed by atoms with Gasteiger partial charge in [0.25, 0.3) is 0 Å². The van der Waals surface area contributed by atoms with E-state index in [-0.39, 0.29) is 24.9 Å². The van der Waals surface area contributed by atoms with Crippen LogP contribution in [-0.2, 0) is 16.1 Å². The molecule has 0 aliphatic carbocycles. The Morgan fingerprint density at radius 3 is 2.31 bits per heavy atom. The minimum Gasteiger partial charge on any atom is -0.497 e. The molecule has 0 saturated carbocycles. The maximum atomic E-state index is 13.1. The molecule has 0 bridgehead atoms. The Balaban J connectivity index is 1.33. The normalized spacial score (nSPS) is 14.7. The molecule has 2 aromatic carbocycles. The van der Waals surface area contributed by atoms with Crippen LogP contribution in [0.15, 0.2) is 73.1 Å². The molecule has 1 aliphatic rings. The summed E-state index contributed by atoms with van der Waals surface area (Å²) in [4.78, 5) is 33.7. The molecule has 1 atom stereocenters. The first-order valence-corrected chi connectivity index (χ1v) is 11.9. The van der Waals surface area contributed by atoms with E-state index in [2.05, 4.69) is 37.6 Å². The van der Waals surface area contributed by atoms with Crippen LogP contribution in [0.3, 0.4) is 0 Å². The molecule has 8 nitrogen and oxygen atoms in total. The number of pyridine rings is 1. The van der Waals surface area contributed by atoms with E-state index in [1.807, 2.05) is 24.3 Å². The molecule has 2 N–H and O–H groups in total. The molecular formula is C27H30FN5O3. The van der Waals surface area contributed by atoms with Crippen LogP contribution >= 0.6 is 0 Å². The molecule has 1 fully saturated rings. The first-order valence-electron chi connectivity index (χ1n) is 11.9. The molecule has 1 aliphatic heterocycles. The van der Waals surface area contributed by atoms with Crippen molar-refractivity contribution in [2.75, 3.05) is 44.7 Å². The van der Waals surface area contributed by atoms with Gasteiger partial charge in [-0.3, -0.25) is 19.5 Å². The van der Waals surface area contributed by atoms with Crippen molar-refractivity contribution >= 4 is 17.5 Å². The van der Waals surface area contributed by atoms with Gasteiger partial charge in [-0.05, 0) is 53.6 Å². The fraction of sp³-hybridized carbons (Fsp3) is 0.296. The van der Waals surface area contributed by atoms with Gasteiger partial charge in [-0.1, -0.05) is 18.2 Å². The molecule has 2 heterocycles. The Bertz CT molecular complexity index is 1130. The third-order valence-electron chi connectivity index (χ3n) is 6.29. The van der Waals surface area contributed by atoms with Gasteiger partial charge in [-0.15, -0.1) is 0 Å². The minimum absolute atomic E-state index is 0.120. The number of hydrogen-bond donors (Lipinski definition) is 2. The van der Waals surface area contributed by atoms with Crippen LogP contribution in [0.2, 0.25) is 0 Å². The van der Waals surface area contributed by atoms with Crippen molar-refractivity contribution < 1.29 is 18.7 Å². The number of hydrogen-bond acceptors (Lipinski definition) is 6. The number of amides is 2. The van der Waals surface area contributed by atoms with Crippen LogP contribution in [0.4, 0.5) is 10.1 Å². The summed E-state index contributed by atoms with van der Waals surface area (Å²) >= 11 is 0. The number of ether oxygens (including phenoxy) is 1. The lowest BCUT2D eigenvalue weighted by molar-refractivity contribution is -0.139. The van der Waals surface area contributed by atoms with Crippen molar-refractivity contribution in [3.63, 3.8) is 0 Å². The average Bonchev–Trinajstić information content (AvgIpc) is 2.93. The topological polar surface area (TPSA) is 86.8 Å². The van der Waals surface area contributed by atoms with Crippen molar-refractivity contribution in [1.82, 2.24) is 20.5 Å². The van der Waals surface area contributed by atoms with E-state index in [0.29, 0.717) is 5.56 Å². The molecule has 2 amide bonds. The third kappa shape index (κ3) is 6.57. The molecule has 0 spiro atoms. The maximum absolute atomic E-state index is 13.1. The second kappa shape index (κ2) is 12.1. The van der Waals surface area contributed by atoms with Crippen LogP contribution in [-0.4, -0.2) is 61.5 Å². The molecule has 1 saturated heterocycles. The van der Waals surface area contributed by atoms with Gasteiger partial charge in [0.2, 0.25) is 0 Å². The highest BCUT2D eigenvalue weighted by Gasteiger charge is 2.27. The fourth-order valence-electron chi connectivity index (χ4n) is 4.25. The van der Waals surface area contributed by atoms with E-state index in [9.17, 15) is 14.0 Å². The van der Waals surface area contributed by atoms with Gasteiger partial charge in [0.1, 0.15) is 11.6 Å².